The molecule has 0 bridgehead atoms. The van der Waals surface area contributed by atoms with Crippen LogP contribution in [-0.2, 0) is 14.3 Å². The smallest absolute Gasteiger partial charge is 0.305 e. The van der Waals surface area contributed by atoms with E-state index in [2.05, 4.69) is 19.2 Å². The molecule has 0 rings (SSSR count). The molecule has 1 amide bonds. The van der Waals surface area contributed by atoms with Gasteiger partial charge in [-0.15, -0.1) is 0 Å². The van der Waals surface area contributed by atoms with Gasteiger partial charge in [0.2, 0.25) is 5.91 Å². The predicted molar refractivity (Wildman–Crippen MR) is 241 cm³/mol. The van der Waals surface area contributed by atoms with Crippen LogP contribution in [0.15, 0.2) is 0 Å². The third-order valence-corrected chi connectivity index (χ3v) is 11.9. The lowest BCUT2D eigenvalue weighted by Crippen LogP contribution is -2.45. The topological polar surface area (TPSA) is 95.9 Å². The first-order valence-electron chi connectivity index (χ1n) is 25.3. The van der Waals surface area contributed by atoms with Gasteiger partial charge in [0, 0.05) is 12.8 Å². The van der Waals surface area contributed by atoms with Gasteiger partial charge in [-0.3, -0.25) is 9.59 Å². The van der Waals surface area contributed by atoms with Crippen molar-refractivity contribution in [1.29, 1.82) is 0 Å². The van der Waals surface area contributed by atoms with Crippen LogP contribution in [0.25, 0.3) is 0 Å². The van der Waals surface area contributed by atoms with E-state index in [4.69, 9.17) is 4.74 Å². The van der Waals surface area contributed by atoms with Crippen molar-refractivity contribution < 1.29 is 24.5 Å². The van der Waals surface area contributed by atoms with Gasteiger partial charge in [-0.25, -0.2) is 0 Å². The SMILES string of the molecule is CCCCCCCCCCCCCCC(=O)OCCCCCCCCCCCCCCCCCCC(=O)NC(CO)C(O)CCCCCCCCCCCCC. The summed E-state index contributed by atoms with van der Waals surface area (Å²) in [6.07, 6.45) is 50.7. The lowest BCUT2D eigenvalue weighted by molar-refractivity contribution is -0.143. The number of ether oxygens (including phenoxy) is 1. The molecule has 0 heterocycles. The van der Waals surface area contributed by atoms with Gasteiger partial charge in [-0.2, -0.15) is 0 Å². The minimum atomic E-state index is -0.665. The fourth-order valence-corrected chi connectivity index (χ4v) is 7.99. The molecule has 0 saturated heterocycles. The van der Waals surface area contributed by atoms with Crippen LogP contribution < -0.4 is 5.32 Å². The van der Waals surface area contributed by atoms with Crippen LogP contribution in [0.5, 0.6) is 0 Å². The van der Waals surface area contributed by atoms with Crippen LogP contribution in [0.1, 0.15) is 284 Å². The number of hydrogen-bond donors (Lipinski definition) is 3. The maximum atomic E-state index is 12.4. The maximum absolute atomic E-state index is 12.4. The van der Waals surface area contributed by atoms with E-state index in [0.717, 1.165) is 44.9 Å². The number of amides is 1. The average molecular weight is 794 g/mol. The zero-order valence-corrected chi connectivity index (χ0v) is 37.9. The molecule has 3 N–H and O–H groups in total. The highest BCUT2D eigenvalue weighted by molar-refractivity contribution is 5.76. The van der Waals surface area contributed by atoms with E-state index in [9.17, 15) is 19.8 Å². The van der Waals surface area contributed by atoms with Crippen molar-refractivity contribution in [1.82, 2.24) is 5.32 Å². The Labute approximate surface area is 349 Å². The van der Waals surface area contributed by atoms with Crippen molar-refractivity contribution in [2.75, 3.05) is 13.2 Å². The summed E-state index contributed by atoms with van der Waals surface area (Å²) in [6, 6.07) is -0.543. The van der Waals surface area contributed by atoms with E-state index in [1.807, 2.05) is 0 Å². The van der Waals surface area contributed by atoms with E-state index < -0.39 is 12.1 Å². The second-order valence-electron chi connectivity index (χ2n) is 17.5. The van der Waals surface area contributed by atoms with Crippen molar-refractivity contribution in [3.63, 3.8) is 0 Å². The predicted octanol–water partition coefficient (Wildman–Crippen LogP) is 14.8. The van der Waals surface area contributed by atoms with Crippen molar-refractivity contribution in [3.05, 3.63) is 0 Å². The van der Waals surface area contributed by atoms with E-state index >= 15 is 0 Å². The zero-order valence-electron chi connectivity index (χ0n) is 37.9. The van der Waals surface area contributed by atoms with Crippen LogP contribution in [0.4, 0.5) is 0 Å². The summed E-state index contributed by atoms with van der Waals surface area (Å²) in [4.78, 5) is 24.4. The van der Waals surface area contributed by atoms with Gasteiger partial charge in [0.25, 0.3) is 0 Å². The van der Waals surface area contributed by atoms with E-state index in [-0.39, 0.29) is 18.5 Å². The van der Waals surface area contributed by atoms with E-state index in [1.165, 1.54) is 205 Å². The van der Waals surface area contributed by atoms with E-state index in [0.29, 0.717) is 25.9 Å². The number of carbonyl (C=O) groups is 2. The molecule has 6 heteroatoms. The maximum Gasteiger partial charge on any atom is 0.305 e. The standard InChI is InChI=1S/C50H99NO5/c1-3-5-7-9-11-13-15-24-28-32-36-40-44-50(55)56-45-41-37-33-29-25-21-19-17-16-18-20-23-27-31-35-39-43-49(54)51-47(46-52)48(53)42-38-34-30-26-22-14-12-10-8-6-4-2/h47-48,52-53H,3-46H2,1-2H3,(H,51,54). The fourth-order valence-electron chi connectivity index (χ4n) is 7.99. The van der Waals surface area contributed by atoms with Gasteiger partial charge in [0.05, 0.1) is 25.4 Å². The van der Waals surface area contributed by atoms with Crippen molar-refractivity contribution in [3.8, 4) is 0 Å². The Kier molecular flexibility index (Phi) is 45.6. The molecule has 0 radical (unpaired) electrons. The molecule has 0 saturated carbocycles. The molecule has 56 heavy (non-hydrogen) atoms. The molecule has 0 aromatic heterocycles. The normalized spacial score (nSPS) is 12.6. The molecular weight excluding hydrogens is 695 g/mol. The Bertz CT molecular complexity index is 791. The highest BCUT2D eigenvalue weighted by Gasteiger charge is 2.20. The molecule has 2 unspecified atom stereocenters. The van der Waals surface area contributed by atoms with Crippen molar-refractivity contribution in [2.45, 2.75) is 296 Å². The third-order valence-electron chi connectivity index (χ3n) is 11.9. The molecule has 0 aliphatic carbocycles. The Hall–Kier alpha value is -1.14. The number of nitrogens with one attached hydrogen (secondary N) is 1. The average Bonchev–Trinajstić information content (AvgIpc) is 3.20. The largest absolute Gasteiger partial charge is 0.466 e. The van der Waals surface area contributed by atoms with Crippen LogP contribution in [-0.4, -0.2) is 47.4 Å². The minimum Gasteiger partial charge on any atom is -0.466 e. The summed E-state index contributed by atoms with van der Waals surface area (Å²) >= 11 is 0. The fraction of sp³-hybridized carbons (Fsp3) is 0.960. The van der Waals surface area contributed by atoms with Gasteiger partial charge in [-0.1, -0.05) is 245 Å². The minimum absolute atomic E-state index is 0.00409. The molecule has 0 aromatic carbocycles. The number of aliphatic hydroxyl groups excluding tert-OH is 2. The van der Waals surface area contributed by atoms with Crippen LogP contribution >= 0.6 is 0 Å². The zero-order chi connectivity index (χ0) is 40.8. The molecule has 0 aliphatic heterocycles. The first kappa shape index (κ1) is 54.9. The molecular formula is C50H99NO5. The summed E-state index contributed by atoms with van der Waals surface area (Å²) in [6.45, 7) is 4.93. The number of esters is 1. The van der Waals surface area contributed by atoms with Crippen molar-refractivity contribution in [2.24, 2.45) is 0 Å². The van der Waals surface area contributed by atoms with Gasteiger partial charge in [0.15, 0.2) is 0 Å². The van der Waals surface area contributed by atoms with Crippen LogP contribution in [0.2, 0.25) is 0 Å². The van der Waals surface area contributed by atoms with Crippen LogP contribution in [0.3, 0.4) is 0 Å². The first-order chi connectivity index (χ1) is 27.5. The molecule has 2 atom stereocenters. The van der Waals surface area contributed by atoms with Gasteiger partial charge >= 0.3 is 5.97 Å². The van der Waals surface area contributed by atoms with Gasteiger partial charge in [-0.05, 0) is 25.7 Å². The summed E-state index contributed by atoms with van der Waals surface area (Å²) in [5.41, 5.74) is 0. The first-order valence-corrected chi connectivity index (χ1v) is 25.3. The summed E-state index contributed by atoms with van der Waals surface area (Å²) in [7, 11) is 0. The summed E-state index contributed by atoms with van der Waals surface area (Å²) < 4.78 is 5.46. The second-order valence-corrected chi connectivity index (χ2v) is 17.5. The van der Waals surface area contributed by atoms with Crippen LogP contribution in [0, 0.1) is 0 Å². The second kappa shape index (κ2) is 46.5. The number of hydrogen-bond acceptors (Lipinski definition) is 5. The van der Waals surface area contributed by atoms with Gasteiger partial charge in [0.1, 0.15) is 0 Å². The number of carbonyl (C=O) groups excluding carboxylic acids is 2. The Morgan fingerprint density at radius 3 is 1.09 bits per heavy atom. The Morgan fingerprint density at radius 2 is 0.732 bits per heavy atom. The monoisotopic (exact) mass is 794 g/mol. The number of unbranched alkanes of at least 4 members (excludes halogenated alkanes) is 36. The van der Waals surface area contributed by atoms with Gasteiger partial charge < -0.3 is 20.3 Å². The van der Waals surface area contributed by atoms with Crippen molar-refractivity contribution >= 4 is 11.9 Å². The number of rotatable bonds is 47. The highest BCUT2D eigenvalue weighted by Crippen LogP contribution is 2.17. The number of aliphatic hydroxyl groups is 2. The lowest BCUT2D eigenvalue weighted by atomic mass is 10.0. The molecule has 0 fully saturated rings. The molecule has 0 aromatic rings. The summed E-state index contributed by atoms with van der Waals surface area (Å²) in [5, 5.41) is 23.1. The Morgan fingerprint density at radius 1 is 0.429 bits per heavy atom. The summed E-state index contributed by atoms with van der Waals surface area (Å²) in [5.74, 6) is -0.0377. The highest BCUT2D eigenvalue weighted by atomic mass is 16.5. The quantitative estimate of drug-likeness (QED) is 0.0421. The molecule has 334 valence electrons. The Balaban J connectivity index is 3.40. The third kappa shape index (κ3) is 42.5. The van der Waals surface area contributed by atoms with E-state index in [1.54, 1.807) is 0 Å². The lowest BCUT2D eigenvalue weighted by Gasteiger charge is -2.22. The molecule has 0 spiro atoms. The molecule has 6 nitrogen and oxygen atoms in total. The molecule has 0 aliphatic rings.